The van der Waals surface area contributed by atoms with Crippen molar-refractivity contribution in [2.45, 2.75) is 17.7 Å². The molecule has 29 heavy (non-hydrogen) atoms. The molecule has 0 spiro atoms. The summed E-state index contributed by atoms with van der Waals surface area (Å²) in [5, 5.41) is 0.302. The van der Waals surface area contributed by atoms with Gasteiger partial charge in [0.25, 0.3) is 0 Å². The predicted octanol–water partition coefficient (Wildman–Crippen LogP) is 2.79. The number of hydrogen-bond acceptors (Lipinski definition) is 8. The van der Waals surface area contributed by atoms with E-state index in [9.17, 15) is 9.18 Å². The number of rotatable bonds is 6. The SMILES string of the molecule is CCOC(=O)C1(c2ccc(F)cc2)N=C(CN2CCOCC2)SC1c1cnco1. The minimum absolute atomic E-state index is 0.212. The number of oxazole rings is 1. The fraction of sp³-hybridized carbons (Fsp3) is 0.450. The van der Waals surface area contributed by atoms with Crippen LogP contribution in [0.1, 0.15) is 23.5 Å². The molecule has 2 atom stereocenters. The maximum Gasteiger partial charge on any atom is 0.340 e. The number of morpholine rings is 1. The van der Waals surface area contributed by atoms with E-state index >= 15 is 0 Å². The Kier molecular flexibility index (Phi) is 5.98. The molecule has 4 rings (SSSR count). The summed E-state index contributed by atoms with van der Waals surface area (Å²) in [6.07, 6.45) is 2.92. The van der Waals surface area contributed by atoms with Gasteiger partial charge in [-0.05, 0) is 24.6 Å². The third-order valence-corrected chi connectivity index (χ3v) is 6.28. The lowest BCUT2D eigenvalue weighted by Gasteiger charge is -2.29. The van der Waals surface area contributed by atoms with E-state index in [0.29, 0.717) is 31.1 Å². The van der Waals surface area contributed by atoms with E-state index in [-0.39, 0.29) is 12.4 Å². The third-order valence-electron chi connectivity index (χ3n) is 4.98. The van der Waals surface area contributed by atoms with E-state index in [1.54, 1.807) is 25.3 Å². The van der Waals surface area contributed by atoms with Gasteiger partial charge in [0, 0.05) is 19.6 Å². The molecule has 9 heteroatoms. The number of carbonyl (C=O) groups is 1. The van der Waals surface area contributed by atoms with Crippen molar-refractivity contribution in [1.82, 2.24) is 9.88 Å². The summed E-state index contributed by atoms with van der Waals surface area (Å²) in [7, 11) is 0. The van der Waals surface area contributed by atoms with Crippen molar-refractivity contribution in [2.75, 3.05) is 39.5 Å². The van der Waals surface area contributed by atoms with Crippen molar-refractivity contribution >= 4 is 22.8 Å². The van der Waals surface area contributed by atoms with Crippen LogP contribution in [0.5, 0.6) is 0 Å². The lowest BCUT2D eigenvalue weighted by atomic mass is 9.85. The zero-order valence-electron chi connectivity index (χ0n) is 16.0. The molecule has 2 aliphatic heterocycles. The van der Waals surface area contributed by atoms with Gasteiger partial charge in [0.15, 0.2) is 6.39 Å². The fourth-order valence-electron chi connectivity index (χ4n) is 3.58. The predicted molar refractivity (Wildman–Crippen MR) is 106 cm³/mol. The van der Waals surface area contributed by atoms with Gasteiger partial charge in [-0.2, -0.15) is 0 Å². The lowest BCUT2D eigenvalue weighted by Crippen LogP contribution is -2.39. The Morgan fingerprint density at radius 3 is 2.76 bits per heavy atom. The molecule has 3 heterocycles. The van der Waals surface area contributed by atoms with Gasteiger partial charge in [-0.3, -0.25) is 9.89 Å². The Labute approximate surface area is 172 Å². The van der Waals surface area contributed by atoms with Gasteiger partial charge in [-0.25, -0.2) is 14.2 Å². The van der Waals surface area contributed by atoms with Gasteiger partial charge in [0.1, 0.15) is 16.8 Å². The van der Waals surface area contributed by atoms with Crippen LogP contribution < -0.4 is 0 Å². The highest BCUT2D eigenvalue weighted by Crippen LogP contribution is 2.54. The van der Waals surface area contributed by atoms with Gasteiger partial charge in [0.2, 0.25) is 5.54 Å². The number of hydrogen-bond donors (Lipinski definition) is 0. The van der Waals surface area contributed by atoms with E-state index in [4.69, 9.17) is 18.9 Å². The van der Waals surface area contributed by atoms with Gasteiger partial charge < -0.3 is 13.9 Å². The number of aliphatic imine (C=N–C) groups is 1. The second-order valence-electron chi connectivity index (χ2n) is 6.79. The molecule has 2 aromatic rings. The quantitative estimate of drug-likeness (QED) is 0.667. The Bertz CT molecular complexity index is 868. The minimum atomic E-state index is -1.37. The lowest BCUT2D eigenvalue weighted by molar-refractivity contribution is -0.150. The first-order valence-corrected chi connectivity index (χ1v) is 10.4. The van der Waals surface area contributed by atoms with Crippen LogP contribution in [0, 0.1) is 5.82 Å². The summed E-state index contributed by atoms with van der Waals surface area (Å²) in [5.74, 6) is -0.349. The van der Waals surface area contributed by atoms with Crippen molar-refractivity contribution in [2.24, 2.45) is 4.99 Å². The molecule has 2 unspecified atom stereocenters. The van der Waals surface area contributed by atoms with Crippen LogP contribution in [0.15, 0.2) is 46.3 Å². The van der Waals surface area contributed by atoms with Gasteiger partial charge in [0.05, 0.1) is 31.1 Å². The number of thioether (sulfide) groups is 1. The van der Waals surface area contributed by atoms with E-state index in [0.717, 1.165) is 18.1 Å². The number of halogens is 1. The Morgan fingerprint density at radius 2 is 2.10 bits per heavy atom. The summed E-state index contributed by atoms with van der Waals surface area (Å²) in [5.41, 5.74) is -0.807. The molecule has 0 radical (unpaired) electrons. The number of ether oxygens (including phenoxy) is 2. The van der Waals surface area contributed by atoms with Crippen LogP contribution >= 0.6 is 11.8 Å². The second-order valence-corrected chi connectivity index (χ2v) is 7.97. The molecule has 7 nitrogen and oxygen atoms in total. The largest absolute Gasteiger partial charge is 0.464 e. The number of carbonyl (C=O) groups excluding carboxylic acids is 1. The molecule has 1 aromatic heterocycles. The average molecular weight is 419 g/mol. The van der Waals surface area contributed by atoms with Crippen LogP contribution in [0.25, 0.3) is 0 Å². The van der Waals surface area contributed by atoms with E-state index in [1.165, 1.54) is 30.3 Å². The highest BCUT2D eigenvalue weighted by atomic mass is 32.2. The number of benzene rings is 1. The molecular formula is C20H22FN3O4S. The monoisotopic (exact) mass is 419 g/mol. The summed E-state index contributed by atoms with van der Waals surface area (Å²) >= 11 is 1.46. The maximum atomic E-state index is 13.6. The third kappa shape index (κ3) is 3.94. The van der Waals surface area contributed by atoms with Crippen LogP contribution in [-0.2, 0) is 19.8 Å². The molecule has 0 bridgehead atoms. The highest BCUT2D eigenvalue weighted by Gasteiger charge is 2.55. The molecule has 1 fully saturated rings. The minimum Gasteiger partial charge on any atom is -0.464 e. The van der Waals surface area contributed by atoms with E-state index in [2.05, 4.69) is 9.88 Å². The van der Waals surface area contributed by atoms with Crippen molar-refractivity contribution in [3.8, 4) is 0 Å². The zero-order valence-corrected chi connectivity index (χ0v) is 16.9. The highest BCUT2D eigenvalue weighted by molar-refractivity contribution is 8.14. The van der Waals surface area contributed by atoms with Crippen molar-refractivity contribution in [3.05, 3.63) is 54.0 Å². The van der Waals surface area contributed by atoms with Crippen LogP contribution in [0.3, 0.4) is 0 Å². The molecule has 0 saturated carbocycles. The molecule has 0 aliphatic carbocycles. The Balaban J connectivity index is 1.77. The first-order valence-electron chi connectivity index (χ1n) is 9.50. The summed E-state index contributed by atoms with van der Waals surface area (Å²) < 4.78 is 30.0. The normalized spacial score (nSPS) is 25.0. The van der Waals surface area contributed by atoms with Gasteiger partial charge >= 0.3 is 5.97 Å². The topological polar surface area (TPSA) is 77.2 Å². The summed E-state index contributed by atoms with van der Waals surface area (Å²) in [4.78, 5) is 24.4. The van der Waals surface area contributed by atoms with Crippen molar-refractivity contribution in [3.63, 3.8) is 0 Å². The molecule has 1 saturated heterocycles. The van der Waals surface area contributed by atoms with Gasteiger partial charge in [-0.1, -0.05) is 23.9 Å². The molecule has 0 N–H and O–H groups in total. The molecule has 2 aliphatic rings. The number of aromatic nitrogens is 1. The van der Waals surface area contributed by atoms with E-state index in [1.807, 2.05) is 0 Å². The standard InChI is InChI=1S/C20H22FN3O4S/c1-2-27-19(25)20(14-3-5-15(21)6-4-14)18(16-11-22-13-28-16)29-17(23-20)12-24-7-9-26-10-8-24/h3-6,11,13,18H,2,7-10,12H2,1H3. The van der Waals surface area contributed by atoms with Crippen LogP contribution in [0.4, 0.5) is 4.39 Å². The van der Waals surface area contributed by atoms with Crippen LogP contribution in [-0.4, -0.2) is 60.4 Å². The molecule has 1 aromatic carbocycles. The molecule has 154 valence electrons. The zero-order chi connectivity index (χ0) is 20.3. The van der Waals surface area contributed by atoms with Crippen LogP contribution in [0.2, 0.25) is 0 Å². The van der Waals surface area contributed by atoms with Gasteiger partial charge in [-0.15, -0.1) is 0 Å². The maximum absolute atomic E-state index is 13.6. The molecular weight excluding hydrogens is 397 g/mol. The first-order chi connectivity index (χ1) is 14.1. The first kappa shape index (κ1) is 20.1. The average Bonchev–Trinajstić information content (AvgIpc) is 3.38. The smallest absolute Gasteiger partial charge is 0.340 e. The Hall–Kier alpha value is -2.23. The number of esters is 1. The van der Waals surface area contributed by atoms with E-state index < -0.39 is 16.8 Å². The molecule has 0 amide bonds. The Morgan fingerprint density at radius 1 is 1.34 bits per heavy atom. The second kappa shape index (κ2) is 8.64. The number of nitrogens with zero attached hydrogens (tertiary/aromatic N) is 3. The van der Waals surface area contributed by atoms with Crippen molar-refractivity contribution < 1.29 is 23.1 Å². The summed E-state index contributed by atoms with van der Waals surface area (Å²) in [6, 6.07) is 5.82. The fourth-order valence-corrected chi connectivity index (χ4v) is 4.99. The summed E-state index contributed by atoms with van der Waals surface area (Å²) in [6.45, 7) is 5.50. The van der Waals surface area contributed by atoms with Crippen molar-refractivity contribution in [1.29, 1.82) is 0 Å².